The maximum atomic E-state index is 11.4. The van der Waals surface area contributed by atoms with E-state index in [1.54, 1.807) is 25.4 Å². The van der Waals surface area contributed by atoms with Gasteiger partial charge < -0.3 is 9.47 Å². The van der Waals surface area contributed by atoms with Crippen LogP contribution in [0.2, 0.25) is 0 Å². The van der Waals surface area contributed by atoms with Crippen molar-refractivity contribution in [2.24, 2.45) is 0 Å². The summed E-state index contributed by atoms with van der Waals surface area (Å²) in [5, 5.41) is 0. The number of rotatable bonds is 3. The lowest BCUT2D eigenvalue weighted by Gasteiger charge is -2.05. The Morgan fingerprint density at radius 1 is 1.00 bits per heavy atom. The molecular formula is C17H14N2O3. The Hall–Kier alpha value is -2.95. The zero-order valence-electron chi connectivity index (χ0n) is 12.2. The molecule has 0 aliphatic heterocycles. The van der Waals surface area contributed by atoms with Gasteiger partial charge in [-0.3, -0.25) is 4.98 Å². The molecule has 1 aromatic heterocycles. The maximum Gasteiger partial charge on any atom is 0.337 e. The standard InChI is InChI=1S/C17H14N2O3/c1-21-13-7-8-14-15(9-13)19-16(10-18-14)11-3-5-12(6-4-11)17(20)22-2/h3-10H,1-2H3. The van der Waals surface area contributed by atoms with Gasteiger partial charge in [-0.25, -0.2) is 9.78 Å². The summed E-state index contributed by atoms with van der Waals surface area (Å²) in [6.45, 7) is 0. The van der Waals surface area contributed by atoms with Gasteiger partial charge in [0.1, 0.15) is 5.75 Å². The van der Waals surface area contributed by atoms with Crippen LogP contribution in [0.3, 0.4) is 0 Å². The lowest BCUT2D eigenvalue weighted by atomic mass is 10.1. The Morgan fingerprint density at radius 2 is 1.77 bits per heavy atom. The lowest BCUT2D eigenvalue weighted by Crippen LogP contribution is -2.00. The normalized spacial score (nSPS) is 10.5. The summed E-state index contributed by atoms with van der Waals surface area (Å²) < 4.78 is 9.89. The number of benzene rings is 2. The molecule has 0 bridgehead atoms. The van der Waals surface area contributed by atoms with Gasteiger partial charge in [-0.1, -0.05) is 12.1 Å². The number of ether oxygens (including phenoxy) is 2. The average molecular weight is 294 g/mol. The fraction of sp³-hybridized carbons (Fsp3) is 0.118. The van der Waals surface area contributed by atoms with Crippen LogP contribution in [0.25, 0.3) is 22.3 Å². The van der Waals surface area contributed by atoms with Crippen molar-refractivity contribution in [1.82, 2.24) is 9.97 Å². The van der Waals surface area contributed by atoms with Gasteiger partial charge in [0.05, 0.1) is 42.7 Å². The zero-order chi connectivity index (χ0) is 15.5. The van der Waals surface area contributed by atoms with Gasteiger partial charge in [0.25, 0.3) is 0 Å². The summed E-state index contributed by atoms with van der Waals surface area (Å²) in [6, 6.07) is 12.6. The first-order chi connectivity index (χ1) is 10.7. The minimum Gasteiger partial charge on any atom is -0.497 e. The van der Waals surface area contributed by atoms with Crippen molar-refractivity contribution in [1.29, 1.82) is 0 Å². The first-order valence-corrected chi connectivity index (χ1v) is 6.71. The molecule has 0 N–H and O–H groups in total. The summed E-state index contributed by atoms with van der Waals surface area (Å²) in [5.41, 5.74) is 3.67. The van der Waals surface area contributed by atoms with Crippen molar-refractivity contribution >= 4 is 17.0 Å². The van der Waals surface area contributed by atoms with E-state index in [2.05, 4.69) is 14.7 Å². The van der Waals surface area contributed by atoms with E-state index in [1.165, 1.54) is 7.11 Å². The van der Waals surface area contributed by atoms with Crippen LogP contribution in [-0.4, -0.2) is 30.2 Å². The van der Waals surface area contributed by atoms with Gasteiger partial charge in [0, 0.05) is 11.6 Å². The second-order valence-electron chi connectivity index (χ2n) is 4.68. The number of hydrogen-bond acceptors (Lipinski definition) is 5. The second kappa shape index (κ2) is 5.81. The number of carbonyl (C=O) groups is 1. The van der Waals surface area contributed by atoms with E-state index in [0.717, 1.165) is 28.0 Å². The molecule has 0 saturated carbocycles. The predicted octanol–water partition coefficient (Wildman–Crippen LogP) is 3.09. The molecule has 3 aromatic rings. The number of aromatic nitrogens is 2. The Kier molecular flexibility index (Phi) is 3.70. The first-order valence-electron chi connectivity index (χ1n) is 6.71. The summed E-state index contributed by atoms with van der Waals surface area (Å²) in [7, 11) is 2.97. The van der Waals surface area contributed by atoms with Crippen LogP contribution < -0.4 is 4.74 Å². The third-order valence-corrected chi connectivity index (χ3v) is 3.35. The van der Waals surface area contributed by atoms with Crippen molar-refractivity contribution in [3.63, 3.8) is 0 Å². The number of methoxy groups -OCH3 is 2. The minimum absolute atomic E-state index is 0.360. The highest BCUT2D eigenvalue weighted by Gasteiger charge is 2.07. The van der Waals surface area contributed by atoms with Gasteiger partial charge in [-0.05, 0) is 24.3 Å². The molecule has 110 valence electrons. The molecule has 0 unspecified atom stereocenters. The highest BCUT2D eigenvalue weighted by Crippen LogP contribution is 2.22. The first kappa shape index (κ1) is 14.0. The molecule has 0 aliphatic rings. The molecule has 22 heavy (non-hydrogen) atoms. The van der Waals surface area contributed by atoms with Crippen LogP contribution in [0, 0.1) is 0 Å². The molecular weight excluding hydrogens is 280 g/mol. The molecule has 0 fully saturated rings. The third-order valence-electron chi connectivity index (χ3n) is 3.35. The van der Waals surface area contributed by atoms with E-state index in [1.807, 2.05) is 30.3 Å². The quantitative estimate of drug-likeness (QED) is 0.695. The topological polar surface area (TPSA) is 61.3 Å². The van der Waals surface area contributed by atoms with Gasteiger partial charge in [0.2, 0.25) is 0 Å². The average Bonchev–Trinajstić information content (AvgIpc) is 2.60. The SMILES string of the molecule is COC(=O)c1ccc(-c2cnc3ccc(OC)cc3n2)cc1. The molecule has 0 radical (unpaired) electrons. The summed E-state index contributed by atoms with van der Waals surface area (Å²) >= 11 is 0. The van der Waals surface area contributed by atoms with Crippen LogP contribution in [0.1, 0.15) is 10.4 Å². The Morgan fingerprint density at radius 3 is 2.45 bits per heavy atom. The summed E-state index contributed by atoms with van der Waals surface area (Å²) in [4.78, 5) is 20.4. The zero-order valence-corrected chi connectivity index (χ0v) is 12.2. The molecule has 3 rings (SSSR count). The van der Waals surface area contributed by atoms with Crippen molar-refractivity contribution in [3.8, 4) is 17.0 Å². The molecule has 0 atom stereocenters. The molecule has 0 saturated heterocycles. The number of nitrogens with zero attached hydrogens (tertiary/aromatic N) is 2. The molecule has 1 heterocycles. The summed E-state index contributed by atoms with van der Waals surface area (Å²) in [5.74, 6) is 0.376. The highest BCUT2D eigenvalue weighted by atomic mass is 16.5. The monoisotopic (exact) mass is 294 g/mol. The fourth-order valence-electron chi connectivity index (χ4n) is 2.15. The van der Waals surface area contributed by atoms with Crippen LogP contribution in [0.5, 0.6) is 5.75 Å². The van der Waals surface area contributed by atoms with E-state index in [0.29, 0.717) is 5.56 Å². The van der Waals surface area contributed by atoms with Crippen LogP contribution in [0.15, 0.2) is 48.7 Å². The highest BCUT2D eigenvalue weighted by molar-refractivity contribution is 5.90. The molecule has 5 nitrogen and oxygen atoms in total. The van der Waals surface area contributed by atoms with Crippen LogP contribution in [-0.2, 0) is 4.74 Å². The lowest BCUT2D eigenvalue weighted by molar-refractivity contribution is 0.0601. The van der Waals surface area contributed by atoms with Gasteiger partial charge >= 0.3 is 5.97 Å². The van der Waals surface area contributed by atoms with Crippen LogP contribution >= 0.6 is 0 Å². The van der Waals surface area contributed by atoms with E-state index in [4.69, 9.17) is 4.74 Å². The van der Waals surface area contributed by atoms with Gasteiger partial charge in [0.15, 0.2) is 0 Å². The van der Waals surface area contributed by atoms with Crippen molar-refractivity contribution < 1.29 is 14.3 Å². The number of carbonyl (C=O) groups excluding carboxylic acids is 1. The van der Waals surface area contributed by atoms with Gasteiger partial charge in [-0.15, -0.1) is 0 Å². The Bertz CT molecular complexity index is 829. The third kappa shape index (κ3) is 2.61. The van der Waals surface area contributed by atoms with Crippen molar-refractivity contribution in [3.05, 3.63) is 54.2 Å². The maximum absolute atomic E-state index is 11.4. The molecule has 5 heteroatoms. The Labute approximate surface area is 127 Å². The fourth-order valence-corrected chi connectivity index (χ4v) is 2.15. The van der Waals surface area contributed by atoms with E-state index in [9.17, 15) is 4.79 Å². The number of fused-ring (bicyclic) bond motifs is 1. The van der Waals surface area contributed by atoms with Crippen molar-refractivity contribution in [2.75, 3.05) is 14.2 Å². The smallest absolute Gasteiger partial charge is 0.337 e. The van der Waals surface area contributed by atoms with E-state index in [-0.39, 0.29) is 5.97 Å². The molecule has 0 spiro atoms. The Balaban J connectivity index is 2.00. The number of hydrogen-bond donors (Lipinski definition) is 0. The van der Waals surface area contributed by atoms with E-state index < -0.39 is 0 Å². The molecule has 0 amide bonds. The number of esters is 1. The molecule has 0 aliphatic carbocycles. The predicted molar refractivity (Wildman–Crippen MR) is 82.9 cm³/mol. The van der Waals surface area contributed by atoms with Crippen LogP contribution in [0.4, 0.5) is 0 Å². The molecule has 2 aromatic carbocycles. The largest absolute Gasteiger partial charge is 0.497 e. The minimum atomic E-state index is -0.360. The second-order valence-corrected chi connectivity index (χ2v) is 4.68. The van der Waals surface area contributed by atoms with Gasteiger partial charge in [-0.2, -0.15) is 0 Å². The van der Waals surface area contributed by atoms with E-state index >= 15 is 0 Å². The summed E-state index contributed by atoms with van der Waals surface area (Å²) in [6.07, 6.45) is 1.71. The van der Waals surface area contributed by atoms with Crippen molar-refractivity contribution in [2.45, 2.75) is 0 Å².